The summed E-state index contributed by atoms with van der Waals surface area (Å²) < 4.78 is 0. The number of amides is 1. The Labute approximate surface area is 90.5 Å². The van der Waals surface area contributed by atoms with Gasteiger partial charge in [0, 0.05) is 12.7 Å². The lowest BCUT2D eigenvalue weighted by atomic mass is 9.82. The van der Waals surface area contributed by atoms with Crippen molar-refractivity contribution in [2.75, 3.05) is 6.54 Å². The van der Waals surface area contributed by atoms with Crippen LogP contribution in [0.1, 0.15) is 38.1 Å². The molecule has 4 heteroatoms. The van der Waals surface area contributed by atoms with E-state index < -0.39 is 0 Å². The number of carbonyl (C=O) groups excluding carboxylic acids is 1. The molecule has 0 fully saturated rings. The van der Waals surface area contributed by atoms with Crippen LogP contribution in [0.15, 0.2) is 12.4 Å². The molecule has 0 aromatic carbocycles. The number of hydrogen-bond donors (Lipinski definition) is 2. The highest BCUT2D eigenvalue weighted by atomic mass is 16.1. The number of rotatable bonds is 3. The predicted octanol–water partition coefficient (Wildman–Crippen LogP) is 1.82. The van der Waals surface area contributed by atoms with Crippen LogP contribution in [0.3, 0.4) is 0 Å². The molecule has 15 heavy (non-hydrogen) atoms. The van der Waals surface area contributed by atoms with Crippen molar-refractivity contribution in [3.8, 4) is 0 Å². The molecule has 0 radical (unpaired) electrons. The lowest BCUT2D eigenvalue weighted by molar-refractivity contribution is 0.0937. The molecule has 1 aromatic heterocycles. The second-order valence-electron chi connectivity index (χ2n) is 4.96. The summed E-state index contributed by atoms with van der Waals surface area (Å²) in [5.74, 6) is 0.369. The number of aromatic nitrogens is 2. The van der Waals surface area contributed by atoms with Gasteiger partial charge in [-0.1, -0.05) is 27.7 Å². The summed E-state index contributed by atoms with van der Waals surface area (Å²) in [6.45, 7) is 9.33. The fourth-order valence-electron chi connectivity index (χ4n) is 1.03. The minimum absolute atomic E-state index is 0.0696. The Morgan fingerprint density at radius 2 is 2.27 bits per heavy atom. The number of carbonyl (C=O) groups is 1. The van der Waals surface area contributed by atoms with E-state index in [1.165, 1.54) is 6.20 Å². The first-order chi connectivity index (χ1) is 6.91. The van der Waals surface area contributed by atoms with E-state index >= 15 is 0 Å². The minimum Gasteiger partial charge on any atom is -0.352 e. The molecule has 0 spiro atoms. The van der Waals surface area contributed by atoms with E-state index in [0.717, 1.165) is 0 Å². The van der Waals surface area contributed by atoms with Gasteiger partial charge in [0.05, 0.1) is 11.8 Å². The highest BCUT2D eigenvalue weighted by Gasteiger charge is 2.20. The van der Waals surface area contributed by atoms with E-state index in [-0.39, 0.29) is 11.3 Å². The van der Waals surface area contributed by atoms with Crippen molar-refractivity contribution in [2.24, 2.45) is 11.3 Å². The third-order valence-electron chi connectivity index (χ3n) is 2.81. The van der Waals surface area contributed by atoms with Gasteiger partial charge in [-0.25, -0.2) is 0 Å². The van der Waals surface area contributed by atoms with Crippen LogP contribution in [0.25, 0.3) is 0 Å². The van der Waals surface area contributed by atoms with Crippen LogP contribution in [-0.2, 0) is 0 Å². The molecule has 1 amide bonds. The van der Waals surface area contributed by atoms with Crippen LogP contribution in [0.4, 0.5) is 0 Å². The maximum absolute atomic E-state index is 11.6. The maximum Gasteiger partial charge on any atom is 0.254 e. The van der Waals surface area contributed by atoms with Gasteiger partial charge in [-0.05, 0) is 11.3 Å². The molecule has 2 N–H and O–H groups in total. The Kier molecular flexibility index (Phi) is 3.50. The zero-order valence-corrected chi connectivity index (χ0v) is 9.79. The standard InChI is InChI=1S/C11H19N3O/c1-8(11(2,3)4)5-12-10(15)9-6-13-14-7-9/h6-8H,5H2,1-4H3,(H,12,15)(H,13,14). The van der Waals surface area contributed by atoms with Gasteiger partial charge in [-0.2, -0.15) is 5.10 Å². The summed E-state index contributed by atoms with van der Waals surface area (Å²) in [7, 11) is 0. The highest BCUT2D eigenvalue weighted by molar-refractivity contribution is 5.93. The average molecular weight is 209 g/mol. The Morgan fingerprint density at radius 3 is 2.73 bits per heavy atom. The first-order valence-corrected chi connectivity index (χ1v) is 5.18. The van der Waals surface area contributed by atoms with Crippen LogP contribution in [0.2, 0.25) is 0 Å². The Balaban J connectivity index is 2.42. The summed E-state index contributed by atoms with van der Waals surface area (Å²) in [5, 5.41) is 9.24. The Hall–Kier alpha value is -1.32. The molecular weight excluding hydrogens is 190 g/mol. The van der Waals surface area contributed by atoms with E-state index in [4.69, 9.17) is 0 Å². The smallest absolute Gasteiger partial charge is 0.254 e. The molecule has 4 nitrogen and oxygen atoms in total. The molecule has 1 rings (SSSR count). The van der Waals surface area contributed by atoms with Crippen molar-refractivity contribution in [2.45, 2.75) is 27.7 Å². The van der Waals surface area contributed by atoms with Gasteiger partial charge in [0.25, 0.3) is 5.91 Å². The van der Waals surface area contributed by atoms with E-state index in [9.17, 15) is 4.79 Å². The lowest BCUT2D eigenvalue weighted by Gasteiger charge is -2.27. The van der Waals surface area contributed by atoms with Crippen molar-refractivity contribution in [1.29, 1.82) is 0 Å². The van der Waals surface area contributed by atoms with E-state index in [0.29, 0.717) is 18.0 Å². The molecule has 0 bridgehead atoms. The Bertz CT molecular complexity index is 311. The summed E-state index contributed by atoms with van der Waals surface area (Å²) in [4.78, 5) is 11.6. The van der Waals surface area contributed by atoms with E-state index in [2.05, 4.69) is 43.2 Å². The van der Waals surface area contributed by atoms with Crippen LogP contribution in [0, 0.1) is 11.3 Å². The third-order valence-corrected chi connectivity index (χ3v) is 2.81. The van der Waals surface area contributed by atoms with Gasteiger partial charge >= 0.3 is 0 Å². The fraction of sp³-hybridized carbons (Fsp3) is 0.636. The summed E-state index contributed by atoms with van der Waals surface area (Å²) >= 11 is 0. The number of hydrogen-bond acceptors (Lipinski definition) is 2. The van der Waals surface area contributed by atoms with Gasteiger partial charge in [-0.15, -0.1) is 0 Å². The average Bonchev–Trinajstić information content (AvgIpc) is 2.64. The van der Waals surface area contributed by atoms with Gasteiger partial charge in [-0.3, -0.25) is 9.89 Å². The molecule has 0 aliphatic heterocycles. The van der Waals surface area contributed by atoms with Crippen molar-refractivity contribution >= 4 is 5.91 Å². The van der Waals surface area contributed by atoms with Crippen molar-refractivity contribution < 1.29 is 4.79 Å². The number of H-pyrrole nitrogens is 1. The Morgan fingerprint density at radius 1 is 1.60 bits per heavy atom. The quantitative estimate of drug-likeness (QED) is 0.797. The number of aromatic amines is 1. The van der Waals surface area contributed by atoms with Crippen molar-refractivity contribution in [3.63, 3.8) is 0 Å². The van der Waals surface area contributed by atoms with Crippen LogP contribution < -0.4 is 5.32 Å². The third kappa shape index (κ3) is 3.38. The minimum atomic E-state index is -0.0696. The molecule has 0 aliphatic rings. The first kappa shape index (κ1) is 11.8. The molecule has 0 aliphatic carbocycles. The molecule has 1 aromatic rings. The van der Waals surface area contributed by atoms with Crippen LogP contribution in [-0.4, -0.2) is 22.6 Å². The first-order valence-electron chi connectivity index (χ1n) is 5.18. The molecule has 1 unspecified atom stereocenters. The normalized spacial score (nSPS) is 13.6. The highest BCUT2D eigenvalue weighted by Crippen LogP contribution is 2.24. The summed E-state index contributed by atoms with van der Waals surface area (Å²) in [6.07, 6.45) is 3.12. The molecule has 0 saturated heterocycles. The monoisotopic (exact) mass is 209 g/mol. The predicted molar refractivity (Wildman–Crippen MR) is 59.5 cm³/mol. The molecule has 1 atom stereocenters. The zero-order valence-electron chi connectivity index (χ0n) is 9.79. The summed E-state index contributed by atoms with van der Waals surface area (Å²) in [5.41, 5.74) is 0.792. The number of nitrogens with one attached hydrogen (secondary N) is 2. The second-order valence-corrected chi connectivity index (χ2v) is 4.96. The fourth-order valence-corrected chi connectivity index (χ4v) is 1.03. The van der Waals surface area contributed by atoms with Gasteiger partial charge < -0.3 is 5.32 Å². The largest absolute Gasteiger partial charge is 0.352 e. The summed E-state index contributed by atoms with van der Waals surface area (Å²) in [6, 6.07) is 0. The topological polar surface area (TPSA) is 57.8 Å². The van der Waals surface area contributed by atoms with E-state index in [1.807, 2.05) is 0 Å². The van der Waals surface area contributed by atoms with E-state index in [1.54, 1.807) is 6.20 Å². The number of nitrogens with zero attached hydrogens (tertiary/aromatic N) is 1. The van der Waals surface area contributed by atoms with Crippen molar-refractivity contribution in [1.82, 2.24) is 15.5 Å². The lowest BCUT2D eigenvalue weighted by Crippen LogP contribution is -2.33. The zero-order chi connectivity index (χ0) is 11.5. The maximum atomic E-state index is 11.6. The van der Waals surface area contributed by atoms with Gasteiger partial charge in [0.1, 0.15) is 0 Å². The van der Waals surface area contributed by atoms with Crippen LogP contribution in [0.5, 0.6) is 0 Å². The molecule has 1 heterocycles. The SMILES string of the molecule is CC(CNC(=O)c1cn[nH]c1)C(C)(C)C. The molecule has 84 valence electrons. The molecule has 0 saturated carbocycles. The van der Waals surface area contributed by atoms with Crippen molar-refractivity contribution in [3.05, 3.63) is 18.0 Å². The van der Waals surface area contributed by atoms with Crippen LogP contribution >= 0.6 is 0 Å². The molecular formula is C11H19N3O. The van der Waals surface area contributed by atoms with Gasteiger partial charge in [0.2, 0.25) is 0 Å². The van der Waals surface area contributed by atoms with Gasteiger partial charge in [0.15, 0.2) is 0 Å². The second kappa shape index (κ2) is 4.47.